The third kappa shape index (κ3) is 3.78. The molecule has 1 aromatic heterocycles. The van der Waals surface area contributed by atoms with Gasteiger partial charge in [0, 0.05) is 33.7 Å². The van der Waals surface area contributed by atoms with Gasteiger partial charge >= 0.3 is 0 Å². The first-order valence-corrected chi connectivity index (χ1v) is 6.90. The smallest absolute Gasteiger partial charge is 0.228 e. The van der Waals surface area contributed by atoms with E-state index in [0.29, 0.717) is 37.9 Å². The van der Waals surface area contributed by atoms with Crippen LogP contribution in [-0.2, 0) is 20.9 Å². The Balaban J connectivity index is 1.89. The number of nitrogens with zero attached hydrogens (tertiary/aromatic N) is 4. The van der Waals surface area contributed by atoms with Crippen LogP contribution in [0.4, 0.5) is 0 Å². The van der Waals surface area contributed by atoms with Crippen molar-refractivity contribution in [1.82, 2.24) is 25.0 Å². The molecule has 2 heterocycles. The molecule has 0 aromatic carbocycles. The van der Waals surface area contributed by atoms with Crippen LogP contribution in [0.2, 0.25) is 0 Å². The topological polar surface area (TPSA) is 91.4 Å². The fraction of sp³-hybridized carbons (Fsp3) is 0.692. The predicted octanol–water partition coefficient (Wildman–Crippen LogP) is -0.434. The molecule has 1 aliphatic heterocycles. The van der Waals surface area contributed by atoms with Gasteiger partial charge in [0.2, 0.25) is 11.8 Å². The molecule has 0 bridgehead atoms. The second-order valence-corrected chi connectivity index (χ2v) is 5.26. The molecular formula is C13H21N5O3. The summed E-state index contributed by atoms with van der Waals surface area (Å²) in [6, 6.07) is 0. The summed E-state index contributed by atoms with van der Waals surface area (Å²) in [6.45, 7) is 3.62. The number of hydrogen-bond acceptors (Lipinski definition) is 5. The van der Waals surface area contributed by atoms with Gasteiger partial charge in [-0.25, -0.2) is 4.98 Å². The highest BCUT2D eigenvalue weighted by molar-refractivity contribution is 5.89. The molecule has 0 spiro atoms. The minimum absolute atomic E-state index is 0.00698. The average molecular weight is 295 g/mol. The molecular weight excluding hydrogens is 274 g/mol. The fourth-order valence-corrected chi connectivity index (χ4v) is 2.42. The lowest BCUT2D eigenvalue weighted by Gasteiger charge is -2.20. The zero-order valence-corrected chi connectivity index (χ0v) is 12.6. The van der Waals surface area contributed by atoms with E-state index in [9.17, 15) is 9.59 Å². The van der Waals surface area contributed by atoms with E-state index in [1.165, 1.54) is 0 Å². The molecule has 8 heteroatoms. The molecule has 1 aromatic rings. The summed E-state index contributed by atoms with van der Waals surface area (Å²) in [5.41, 5.74) is 0. The van der Waals surface area contributed by atoms with Crippen molar-refractivity contribution in [3.8, 4) is 0 Å². The maximum Gasteiger partial charge on any atom is 0.228 e. The highest BCUT2D eigenvalue weighted by Crippen LogP contribution is 2.20. The zero-order valence-electron chi connectivity index (χ0n) is 12.6. The summed E-state index contributed by atoms with van der Waals surface area (Å²) in [7, 11) is 3.30. The van der Waals surface area contributed by atoms with E-state index in [-0.39, 0.29) is 24.2 Å². The van der Waals surface area contributed by atoms with Crippen LogP contribution in [0.3, 0.4) is 0 Å². The number of carbonyl (C=O) groups is 2. The molecule has 1 aliphatic rings. The second kappa shape index (κ2) is 6.66. The summed E-state index contributed by atoms with van der Waals surface area (Å²) in [5, 5.41) is 6.76. The Morgan fingerprint density at radius 3 is 2.95 bits per heavy atom. The Labute approximate surface area is 123 Å². The predicted molar refractivity (Wildman–Crippen MR) is 74.2 cm³/mol. The number of hydrogen-bond donors (Lipinski definition) is 1. The minimum atomic E-state index is -0.292. The summed E-state index contributed by atoms with van der Waals surface area (Å²) < 4.78 is 4.97. The number of aromatic nitrogens is 3. The maximum atomic E-state index is 12.4. The van der Waals surface area contributed by atoms with Crippen molar-refractivity contribution in [2.24, 2.45) is 5.92 Å². The van der Waals surface area contributed by atoms with Crippen molar-refractivity contribution in [2.45, 2.75) is 19.9 Å². The molecule has 0 aliphatic carbocycles. The zero-order chi connectivity index (χ0) is 15.4. The highest BCUT2D eigenvalue weighted by atomic mass is 16.5. The van der Waals surface area contributed by atoms with Gasteiger partial charge in [0.05, 0.1) is 19.1 Å². The van der Waals surface area contributed by atoms with E-state index in [2.05, 4.69) is 15.2 Å². The summed E-state index contributed by atoms with van der Waals surface area (Å²) in [4.78, 5) is 31.6. The fourth-order valence-electron chi connectivity index (χ4n) is 2.42. The monoisotopic (exact) mass is 295 g/mol. The second-order valence-electron chi connectivity index (χ2n) is 5.26. The van der Waals surface area contributed by atoms with Gasteiger partial charge in [0.1, 0.15) is 5.82 Å². The largest absolute Gasteiger partial charge is 0.383 e. The molecule has 21 heavy (non-hydrogen) atoms. The lowest BCUT2D eigenvalue weighted by molar-refractivity contribution is -0.135. The SMILES string of the molecule is COCCN1CC(C(=O)N(C)Cc2n[nH]c(C)n2)CC1=O. The summed E-state index contributed by atoms with van der Waals surface area (Å²) in [6.07, 6.45) is 0.264. The van der Waals surface area contributed by atoms with Crippen LogP contribution in [0, 0.1) is 12.8 Å². The lowest BCUT2D eigenvalue weighted by Crippen LogP contribution is -2.35. The molecule has 1 fully saturated rings. The number of methoxy groups -OCH3 is 1. The van der Waals surface area contributed by atoms with Gasteiger partial charge in [0.25, 0.3) is 0 Å². The summed E-state index contributed by atoms with van der Waals surface area (Å²) >= 11 is 0. The molecule has 1 atom stereocenters. The van der Waals surface area contributed by atoms with Crippen LogP contribution in [0.15, 0.2) is 0 Å². The third-order valence-corrected chi connectivity index (χ3v) is 3.53. The van der Waals surface area contributed by atoms with Crippen LogP contribution in [0.25, 0.3) is 0 Å². The van der Waals surface area contributed by atoms with Gasteiger partial charge in [-0.2, -0.15) is 5.10 Å². The molecule has 116 valence electrons. The number of carbonyl (C=O) groups excluding carboxylic acids is 2. The van der Waals surface area contributed by atoms with Gasteiger partial charge in [-0.05, 0) is 6.92 Å². The van der Waals surface area contributed by atoms with Crippen LogP contribution in [-0.4, -0.2) is 70.6 Å². The Hall–Kier alpha value is -1.96. The Morgan fingerprint density at radius 1 is 1.57 bits per heavy atom. The standard InChI is InChI=1S/C13H21N5O3/c1-9-14-11(16-15-9)8-17(2)13(20)10-6-12(19)18(7-10)4-5-21-3/h10H,4-8H2,1-3H3,(H,14,15,16). The number of nitrogens with one attached hydrogen (secondary N) is 1. The van der Waals surface area contributed by atoms with Crippen molar-refractivity contribution < 1.29 is 14.3 Å². The van der Waals surface area contributed by atoms with Crippen LogP contribution >= 0.6 is 0 Å². The van der Waals surface area contributed by atoms with Gasteiger partial charge in [0.15, 0.2) is 5.82 Å². The Kier molecular flexibility index (Phi) is 4.89. The quantitative estimate of drug-likeness (QED) is 0.768. The molecule has 2 rings (SSSR count). The van der Waals surface area contributed by atoms with Crippen LogP contribution in [0.5, 0.6) is 0 Å². The number of aromatic amines is 1. The Bertz CT molecular complexity index is 516. The van der Waals surface area contributed by atoms with Crippen molar-refractivity contribution in [3.05, 3.63) is 11.6 Å². The number of H-pyrrole nitrogens is 1. The van der Waals surface area contributed by atoms with E-state index >= 15 is 0 Å². The average Bonchev–Trinajstić information content (AvgIpc) is 3.02. The Morgan fingerprint density at radius 2 is 2.33 bits per heavy atom. The summed E-state index contributed by atoms with van der Waals surface area (Å²) in [5.74, 6) is 0.953. The number of aryl methyl sites for hydroxylation is 1. The first-order valence-electron chi connectivity index (χ1n) is 6.90. The molecule has 1 unspecified atom stereocenters. The third-order valence-electron chi connectivity index (χ3n) is 3.53. The van der Waals surface area contributed by atoms with Crippen molar-refractivity contribution in [2.75, 3.05) is 33.9 Å². The van der Waals surface area contributed by atoms with Gasteiger partial charge in [-0.15, -0.1) is 0 Å². The molecule has 0 saturated carbocycles. The van der Waals surface area contributed by atoms with E-state index in [0.717, 1.165) is 0 Å². The lowest BCUT2D eigenvalue weighted by atomic mass is 10.1. The normalized spacial score (nSPS) is 18.3. The van der Waals surface area contributed by atoms with Crippen molar-refractivity contribution >= 4 is 11.8 Å². The molecule has 2 amide bonds. The van der Waals surface area contributed by atoms with Crippen molar-refractivity contribution in [3.63, 3.8) is 0 Å². The molecule has 0 radical (unpaired) electrons. The van der Waals surface area contributed by atoms with Crippen molar-refractivity contribution in [1.29, 1.82) is 0 Å². The van der Waals surface area contributed by atoms with Crippen LogP contribution < -0.4 is 0 Å². The molecule has 8 nitrogen and oxygen atoms in total. The minimum Gasteiger partial charge on any atom is -0.383 e. The number of rotatable bonds is 6. The number of likely N-dealkylation sites (tertiary alicyclic amines) is 1. The number of amides is 2. The first kappa shape index (κ1) is 15.4. The van der Waals surface area contributed by atoms with E-state index < -0.39 is 0 Å². The van der Waals surface area contributed by atoms with E-state index in [1.807, 2.05) is 6.92 Å². The highest BCUT2D eigenvalue weighted by Gasteiger charge is 2.35. The molecule has 1 saturated heterocycles. The van der Waals surface area contributed by atoms with Gasteiger partial charge in [-0.3, -0.25) is 14.7 Å². The van der Waals surface area contributed by atoms with Gasteiger partial charge in [-0.1, -0.05) is 0 Å². The van der Waals surface area contributed by atoms with Gasteiger partial charge < -0.3 is 14.5 Å². The number of ether oxygens (including phenoxy) is 1. The molecule has 1 N–H and O–H groups in total. The van der Waals surface area contributed by atoms with E-state index in [4.69, 9.17) is 4.74 Å². The maximum absolute atomic E-state index is 12.4. The van der Waals surface area contributed by atoms with E-state index in [1.54, 1.807) is 24.0 Å². The van der Waals surface area contributed by atoms with Crippen LogP contribution in [0.1, 0.15) is 18.1 Å². The first-order chi connectivity index (χ1) is 10.0.